The molecule has 2 aromatic carbocycles. The van der Waals surface area contributed by atoms with Crippen molar-refractivity contribution in [1.29, 1.82) is 0 Å². The Morgan fingerprint density at radius 1 is 0.826 bits per heavy atom. The van der Waals surface area contributed by atoms with Crippen LogP contribution in [0.5, 0.6) is 0 Å². The van der Waals surface area contributed by atoms with Crippen LogP contribution in [0.15, 0.2) is 42.5 Å². The summed E-state index contributed by atoms with van der Waals surface area (Å²) in [6, 6.07) is 14.7. The van der Waals surface area contributed by atoms with Gasteiger partial charge in [0.05, 0.1) is 0 Å². The average molecular weight is 305 g/mol. The summed E-state index contributed by atoms with van der Waals surface area (Å²) in [5.74, 6) is 3.48. The van der Waals surface area contributed by atoms with Crippen molar-refractivity contribution in [1.82, 2.24) is 5.32 Å². The zero-order valence-electron chi connectivity index (χ0n) is 13.4. The Bertz CT molecular complexity index is 737. The lowest BCUT2D eigenvalue weighted by Crippen LogP contribution is -2.55. The van der Waals surface area contributed by atoms with Gasteiger partial charge in [0.25, 0.3) is 5.91 Å². The van der Waals surface area contributed by atoms with Crippen LogP contribution in [-0.4, -0.2) is 11.9 Å². The Kier molecular flexibility index (Phi) is 3.01. The molecule has 0 aromatic heterocycles. The summed E-state index contributed by atoms with van der Waals surface area (Å²) in [6.45, 7) is 0. The van der Waals surface area contributed by atoms with Crippen LogP contribution in [0.4, 0.5) is 0 Å². The Balaban J connectivity index is 1.38. The van der Waals surface area contributed by atoms with Gasteiger partial charge >= 0.3 is 0 Å². The second-order valence-corrected chi connectivity index (χ2v) is 7.99. The monoisotopic (exact) mass is 305 g/mol. The van der Waals surface area contributed by atoms with E-state index in [9.17, 15) is 4.79 Å². The quantitative estimate of drug-likeness (QED) is 0.875. The first-order chi connectivity index (χ1) is 11.3. The van der Waals surface area contributed by atoms with Gasteiger partial charge in [0, 0.05) is 11.6 Å². The molecule has 1 amide bonds. The molecule has 4 saturated carbocycles. The molecule has 0 unspecified atom stereocenters. The van der Waals surface area contributed by atoms with Gasteiger partial charge in [0.1, 0.15) is 0 Å². The molecule has 4 aliphatic carbocycles. The highest BCUT2D eigenvalue weighted by Crippen LogP contribution is 2.53. The summed E-state index contributed by atoms with van der Waals surface area (Å²) < 4.78 is 0. The molecule has 6 rings (SSSR count). The van der Waals surface area contributed by atoms with E-state index in [0.717, 1.165) is 34.6 Å². The van der Waals surface area contributed by atoms with Gasteiger partial charge in [-0.15, -0.1) is 0 Å². The zero-order chi connectivity index (χ0) is 15.4. The maximum absolute atomic E-state index is 12.8. The molecule has 4 bridgehead atoms. The van der Waals surface area contributed by atoms with Crippen molar-refractivity contribution in [3.63, 3.8) is 0 Å². The van der Waals surface area contributed by atoms with Crippen molar-refractivity contribution in [2.75, 3.05) is 0 Å². The number of carbonyl (C=O) groups excluding carboxylic acids is 1. The molecule has 0 saturated heterocycles. The van der Waals surface area contributed by atoms with Crippen molar-refractivity contribution in [3.05, 3.63) is 48.0 Å². The van der Waals surface area contributed by atoms with Crippen molar-refractivity contribution in [2.24, 2.45) is 23.7 Å². The third-order valence-electron chi connectivity index (χ3n) is 6.54. The molecule has 0 heterocycles. The van der Waals surface area contributed by atoms with E-state index in [1.165, 1.54) is 37.5 Å². The Hall–Kier alpha value is -1.83. The van der Waals surface area contributed by atoms with E-state index in [1.54, 1.807) is 0 Å². The Labute approximate surface area is 137 Å². The predicted molar refractivity (Wildman–Crippen MR) is 92.2 cm³/mol. The van der Waals surface area contributed by atoms with E-state index in [2.05, 4.69) is 23.5 Å². The first-order valence-corrected chi connectivity index (χ1v) is 9.06. The van der Waals surface area contributed by atoms with Crippen LogP contribution in [0.1, 0.15) is 42.5 Å². The van der Waals surface area contributed by atoms with Crippen LogP contribution in [0, 0.1) is 23.7 Å². The highest BCUT2D eigenvalue weighted by Gasteiger charge is 2.48. The highest BCUT2D eigenvalue weighted by atomic mass is 16.1. The molecule has 2 nitrogen and oxygen atoms in total. The van der Waals surface area contributed by atoms with E-state index in [0.29, 0.717) is 6.04 Å². The SMILES string of the molecule is O=C(NC1C2CC3CC(C2)CC1C3)c1ccc2ccccc2c1. The number of carbonyl (C=O) groups is 1. The minimum atomic E-state index is 0.119. The number of rotatable bonds is 2. The van der Waals surface area contributed by atoms with Crippen LogP contribution < -0.4 is 5.32 Å². The fourth-order valence-electron chi connectivity index (χ4n) is 5.73. The normalized spacial score (nSPS) is 34.7. The number of amides is 1. The van der Waals surface area contributed by atoms with Gasteiger partial charge in [-0.1, -0.05) is 30.3 Å². The number of hydrogen-bond donors (Lipinski definition) is 1. The van der Waals surface area contributed by atoms with E-state index >= 15 is 0 Å². The van der Waals surface area contributed by atoms with Gasteiger partial charge in [0.2, 0.25) is 0 Å². The third-order valence-corrected chi connectivity index (χ3v) is 6.54. The number of nitrogens with one attached hydrogen (secondary N) is 1. The lowest BCUT2D eigenvalue weighted by atomic mass is 9.54. The summed E-state index contributed by atoms with van der Waals surface area (Å²) in [6.07, 6.45) is 6.83. The molecule has 0 aliphatic heterocycles. The van der Waals surface area contributed by atoms with Crippen LogP contribution in [0.25, 0.3) is 10.8 Å². The third kappa shape index (κ3) is 2.27. The highest BCUT2D eigenvalue weighted by molar-refractivity contribution is 5.98. The zero-order valence-corrected chi connectivity index (χ0v) is 13.4. The van der Waals surface area contributed by atoms with Gasteiger partial charge in [-0.25, -0.2) is 0 Å². The van der Waals surface area contributed by atoms with Gasteiger partial charge < -0.3 is 5.32 Å². The van der Waals surface area contributed by atoms with Gasteiger partial charge in [-0.05, 0) is 78.7 Å². The topological polar surface area (TPSA) is 29.1 Å². The maximum atomic E-state index is 12.8. The van der Waals surface area contributed by atoms with E-state index in [-0.39, 0.29) is 5.91 Å². The molecule has 118 valence electrons. The summed E-state index contributed by atoms with van der Waals surface area (Å²) in [5, 5.41) is 5.74. The molecule has 0 atom stereocenters. The molecule has 2 aromatic rings. The van der Waals surface area contributed by atoms with Crippen molar-refractivity contribution in [3.8, 4) is 0 Å². The average Bonchev–Trinajstić information content (AvgIpc) is 2.57. The molecule has 0 spiro atoms. The molecule has 0 radical (unpaired) electrons. The second kappa shape index (κ2) is 5.09. The second-order valence-electron chi connectivity index (χ2n) is 7.99. The molecule has 23 heavy (non-hydrogen) atoms. The van der Waals surface area contributed by atoms with Crippen LogP contribution >= 0.6 is 0 Å². The van der Waals surface area contributed by atoms with Crippen molar-refractivity contribution >= 4 is 16.7 Å². The standard InChI is InChI=1S/C21H23NO/c23-21(17-6-5-15-3-1-2-4-16(15)12-17)22-20-18-8-13-7-14(10-18)11-19(20)9-13/h1-6,12-14,18-20H,7-11H2,(H,22,23). The number of benzene rings is 2. The van der Waals surface area contributed by atoms with Crippen LogP contribution in [0.3, 0.4) is 0 Å². The van der Waals surface area contributed by atoms with Crippen molar-refractivity contribution in [2.45, 2.75) is 38.1 Å². The summed E-state index contributed by atoms with van der Waals surface area (Å²) >= 11 is 0. The van der Waals surface area contributed by atoms with E-state index in [4.69, 9.17) is 0 Å². The lowest BCUT2D eigenvalue weighted by Gasteiger charge is -2.54. The first kappa shape index (κ1) is 13.6. The van der Waals surface area contributed by atoms with Crippen molar-refractivity contribution < 1.29 is 4.79 Å². The van der Waals surface area contributed by atoms with E-state index in [1.807, 2.05) is 24.3 Å². The lowest BCUT2D eigenvalue weighted by molar-refractivity contribution is -0.0119. The van der Waals surface area contributed by atoms with Gasteiger partial charge in [-0.2, -0.15) is 0 Å². The minimum Gasteiger partial charge on any atom is -0.349 e. The summed E-state index contributed by atoms with van der Waals surface area (Å²) in [7, 11) is 0. The fraction of sp³-hybridized carbons (Fsp3) is 0.476. The Morgan fingerprint density at radius 2 is 1.48 bits per heavy atom. The van der Waals surface area contributed by atoms with Gasteiger partial charge in [0.15, 0.2) is 0 Å². The summed E-state index contributed by atoms with van der Waals surface area (Å²) in [4.78, 5) is 12.8. The number of fused-ring (bicyclic) bond motifs is 1. The Morgan fingerprint density at radius 3 is 2.17 bits per heavy atom. The molecule has 4 fully saturated rings. The van der Waals surface area contributed by atoms with Crippen LogP contribution in [-0.2, 0) is 0 Å². The molecule has 2 heteroatoms. The largest absolute Gasteiger partial charge is 0.349 e. The number of hydrogen-bond acceptors (Lipinski definition) is 1. The van der Waals surface area contributed by atoms with E-state index < -0.39 is 0 Å². The smallest absolute Gasteiger partial charge is 0.251 e. The molecular weight excluding hydrogens is 282 g/mol. The maximum Gasteiger partial charge on any atom is 0.251 e. The first-order valence-electron chi connectivity index (χ1n) is 9.06. The fourth-order valence-corrected chi connectivity index (χ4v) is 5.73. The minimum absolute atomic E-state index is 0.119. The predicted octanol–water partition coefficient (Wildman–Crippen LogP) is 4.39. The molecule has 4 aliphatic rings. The van der Waals surface area contributed by atoms with Gasteiger partial charge in [-0.3, -0.25) is 4.79 Å². The molecular formula is C21H23NO. The summed E-state index contributed by atoms with van der Waals surface area (Å²) in [5.41, 5.74) is 0.803. The molecule has 1 N–H and O–H groups in total. The van der Waals surface area contributed by atoms with Crippen LogP contribution in [0.2, 0.25) is 0 Å².